The Kier molecular flexibility index (Phi) is 7.14. The maximum Gasteiger partial charge on any atom is 0.411 e. The molecule has 8 nitrogen and oxygen atoms in total. The topological polar surface area (TPSA) is 105 Å². The first-order valence-corrected chi connectivity index (χ1v) is 8.41. The maximum atomic E-state index is 12.4. The van der Waals surface area contributed by atoms with Crippen molar-refractivity contribution in [2.24, 2.45) is 0 Å². The van der Waals surface area contributed by atoms with Gasteiger partial charge in [0.25, 0.3) is 0 Å². The highest BCUT2D eigenvalue weighted by atomic mass is 32.2. The zero-order chi connectivity index (χ0) is 17.6. The molecule has 1 rings (SSSR count). The van der Waals surface area contributed by atoms with Gasteiger partial charge in [0.2, 0.25) is 5.91 Å². The third-order valence-electron chi connectivity index (χ3n) is 3.04. The van der Waals surface area contributed by atoms with E-state index in [2.05, 4.69) is 10.1 Å². The fourth-order valence-corrected chi connectivity index (χ4v) is 3.00. The molecule has 0 radical (unpaired) electrons. The minimum Gasteiger partial charge on any atom is -0.467 e. The van der Waals surface area contributed by atoms with Crippen molar-refractivity contribution in [3.05, 3.63) is 0 Å². The normalized spacial score (nSPS) is 19.7. The Morgan fingerprint density at radius 3 is 2.57 bits per heavy atom. The number of methoxy groups -OCH3 is 1. The van der Waals surface area contributed by atoms with E-state index in [9.17, 15) is 19.5 Å². The molecule has 0 aliphatic carbocycles. The molecular formula is C14H24N2O6S. The zero-order valence-corrected chi connectivity index (χ0v) is 14.6. The van der Waals surface area contributed by atoms with E-state index in [-0.39, 0.29) is 0 Å². The van der Waals surface area contributed by atoms with Gasteiger partial charge in [-0.25, -0.2) is 9.59 Å². The zero-order valence-electron chi connectivity index (χ0n) is 13.8. The van der Waals surface area contributed by atoms with Crippen LogP contribution in [0.25, 0.3) is 0 Å². The van der Waals surface area contributed by atoms with E-state index < -0.39 is 42.3 Å². The van der Waals surface area contributed by atoms with Crippen LogP contribution in [0.15, 0.2) is 0 Å². The Morgan fingerprint density at radius 1 is 1.39 bits per heavy atom. The lowest BCUT2D eigenvalue weighted by atomic mass is 10.2. The molecule has 132 valence electrons. The van der Waals surface area contributed by atoms with Crippen LogP contribution in [-0.4, -0.2) is 77.4 Å². The molecule has 23 heavy (non-hydrogen) atoms. The van der Waals surface area contributed by atoms with Gasteiger partial charge in [0.1, 0.15) is 11.6 Å². The Balaban J connectivity index is 2.78. The van der Waals surface area contributed by atoms with Gasteiger partial charge in [-0.2, -0.15) is 11.8 Å². The number of thioether (sulfide) groups is 1. The number of hydrogen-bond donors (Lipinski definition) is 2. The predicted octanol–water partition coefficient (Wildman–Crippen LogP) is -0.0110. The number of esters is 1. The summed E-state index contributed by atoms with van der Waals surface area (Å²) >= 11 is 1.53. The third kappa shape index (κ3) is 5.91. The van der Waals surface area contributed by atoms with Gasteiger partial charge < -0.3 is 19.9 Å². The average molecular weight is 348 g/mol. The van der Waals surface area contributed by atoms with Crippen LogP contribution in [0.1, 0.15) is 20.8 Å². The monoisotopic (exact) mass is 348 g/mol. The van der Waals surface area contributed by atoms with Crippen LogP contribution >= 0.6 is 11.8 Å². The van der Waals surface area contributed by atoms with Crippen LogP contribution in [0.3, 0.4) is 0 Å². The molecule has 2 unspecified atom stereocenters. The van der Waals surface area contributed by atoms with E-state index in [0.717, 1.165) is 0 Å². The number of ether oxygens (including phenoxy) is 2. The number of carbonyl (C=O) groups excluding carboxylic acids is 3. The van der Waals surface area contributed by atoms with Gasteiger partial charge in [0.05, 0.1) is 13.7 Å². The standard InChI is InChI=1S/C14H24N2O6S/c1-14(2,3)22-13(20)16-5-6-23-8-10(16)11(18)15-9(7-17)12(19)21-4/h9-10,17H,5-8H2,1-4H3,(H,15,18). The first-order valence-electron chi connectivity index (χ1n) is 7.26. The number of carbonyl (C=O) groups is 3. The second kappa shape index (κ2) is 8.39. The van der Waals surface area contributed by atoms with E-state index in [1.54, 1.807) is 20.8 Å². The van der Waals surface area contributed by atoms with Crippen molar-refractivity contribution < 1.29 is 29.0 Å². The molecule has 2 atom stereocenters. The van der Waals surface area contributed by atoms with Crippen molar-refractivity contribution in [3.8, 4) is 0 Å². The van der Waals surface area contributed by atoms with E-state index in [4.69, 9.17) is 4.74 Å². The van der Waals surface area contributed by atoms with Gasteiger partial charge in [0.15, 0.2) is 6.04 Å². The predicted molar refractivity (Wildman–Crippen MR) is 85.1 cm³/mol. The molecule has 2 N–H and O–H groups in total. The highest BCUT2D eigenvalue weighted by Gasteiger charge is 2.36. The summed E-state index contributed by atoms with van der Waals surface area (Å²) in [4.78, 5) is 37.4. The van der Waals surface area contributed by atoms with Crippen molar-refractivity contribution in [2.75, 3.05) is 31.8 Å². The Bertz CT molecular complexity index is 451. The molecule has 9 heteroatoms. The number of nitrogens with zero attached hydrogens (tertiary/aromatic N) is 1. The molecule has 0 saturated carbocycles. The lowest BCUT2D eigenvalue weighted by molar-refractivity contribution is -0.146. The van der Waals surface area contributed by atoms with Crippen LogP contribution in [-0.2, 0) is 19.1 Å². The number of hydrogen-bond acceptors (Lipinski definition) is 7. The summed E-state index contributed by atoms with van der Waals surface area (Å²) in [6.07, 6.45) is -0.573. The molecule has 0 aromatic heterocycles. The smallest absolute Gasteiger partial charge is 0.411 e. The lowest BCUT2D eigenvalue weighted by Crippen LogP contribution is -2.58. The van der Waals surface area contributed by atoms with Crippen molar-refractivity contribution >= 4 is 29.7 Å². The summed E-state index contributed by atoms with van der Waals surface area (Å²) < 4.78 is 9.82. The molecule has 1 aliphatic rings. The molecule has 0 bridgehead atoms. The van der Waals surface area contributed by atoms with Crippen LogP contribution in [0.5, 0.6) is 0 Å². The van der Waals surface area contributed by atoms with Gasteiger partial charge in [-0.05, 0) is 20.8 Å². The minimum absolute atomic E-state index is 0.375. The number of nitrogens with one attached hydrogen (secondary N) is 1. The first kappa shape index (κ1) is 19.6. The van der Waals surface area contributed by atoms with Crippen molar-refractivity contribution in [1.29, 1.82) is 0 Å². The lowest BCUT2D eigenvalue weighted by Gasteiger charge is -2.35. The van der Waals surface area contributed by atoms with Gasteiger partial charge >= 0.3 is 12.1 Å². The second-order valence-electron chi connectivity index (χ2n) is 6.03. The first-order chi connectivity index (χ1) is 10.7. The largest absolute Gasteiger partial charge is 0.467 e. The fraction of sp³-hybridized carbons (Fsp3) is 0.786. The van der Waals surface area contributed by atoms with Gasteiger partial charge in [-0.3, -0.25) is 9.69 Å². The number of rotatable bonds is 4. The average Bonchev–Trinajstić information content (AvgIpc) is 2.49. The van der Waals surface area contributed by atoms with Gasteiger partial charge in [-0.1, -0.05) is 0 Å². The van der Waals surface area contributed by atoms with Crippen molar-refractivity contribution in [2.45, 2.75) is 38.5 Å². The molecule has 0 aromatic carbocycles. The van der Waals surface area contributed by atoms with Gasteiger partial charge in [-0.15, -0.1) is 0 Å². The SMILES string of the molecule is COC(=O)C(CO)NC(=O)C1CSCCN1C(=O)OC(C)(C)C. The summed E-state index contributed by atoms with van der Waals surface area (Å²) in [6.45, 7) is 5.04. The number of aliphatic hydroxyl groups excluding tert-OH is 1. The molecule has 0 aromatic rings. The highest BCUT2D eigenvalue weighted by Crippen LogP contribution is 2.20. The molecule has 2 amide bonds. The molecular weight excluding hydrogens is 324 g/mol. The summed E-state index contributed by atoms with van der Waals surface area (Å²) in [6, 6.07) is -1.91. The molecule has 1 fully saturated rings. The summed E-state index contributed by atoms with van der Waals surface area (Å²) in [5, 5.41) is 11.6. The van der Waals surface area contributed by atoms with E-state index in [1.165, 1.54) is 23.8 Å². The fourth-order valence-electron chi connectivity index (χ4n) is 1.95. The Hall–Kier alpha value is -1.48. The third-order valence-corrected chi connectivity index (χ3v) is 4.07. The molecule has 1 saturated heterocycles. The van der Waals surface area contributed by atoms with Crippen LogP contribution in [0.2, 0.25) is 0 Å². The van der Waals surface area contributed by atoms with Crippen molar-refractivity contribution in [3.63, 3.8) is 0 Å². The summed E-state index contributed by atoms with van der Waals surface area (Å²) in [7, 11) is 1.17. The van der Waals surface area contributed by atoms with Crippen LogP contribution in [0, 0.1) is 0 Å². The Morgan fingerprint density at radius 2 is 2.04 bits per heavy atom. The second-order valence-corrected chi connectivity index (χ2v) is 7.18. The quantitative estimate of drug-likeness (QED) is 0.688. The van der Waals surface area contributed by atoms with E-state index >= 15 is 0 Å². The maximum absolute atomic E-state index is 12.4. The van der Waals surface area contributed by atoms with E-state index in [0.29, 0.717) is 18.1 Å². The Labute approximate surface area is 139 Å². The molecule has 1 aliphatic heterocycles. The van der Waals surface area contributed by atoms with Crippen molar-refractivity contribution in [1.82, 2.24) is 10.2 Å². The minimum atomic E-state index is -1.15. The van der Waals surface area contributed by atoms with E-state index in [1.807, 2.05) is 0 Å². The summed E-state index contributed by atoms with van der Waals surface area (Å²) in [5.41, 5.74) is -0.664. The molecule has 1 heterocycles. The molecule has 0 spiro atoms. The summed E-state index contributed by atoms with van der Waals surface area (Å²) in [5.74, 6) is -0.172. The van der Waals surface area contributed by atoms with Crippen LogP contribution in [0.4, 0.5) is 4.79 Å². The van der Waals surface area contributed by atoms with Gasteiger partial charge in [0, 0.05) is 18.1 Å². The van der Waals surface area contributed by atoms with Crippen LogP contribution < -0.4 is 5.32 Å². The highest BCUT2D eigenvalue weighted by molar-refractivity contribution is 7.99. The number of amides is 2. The number of aliphatic hydroxyl groups is 1.